The largest absolute Gasteiger partial charge is 0.351 e. The van der Waals surface area contributed by atoms with E-state index in [-0.39, 0.29) is 11.8 Å². The van der Waals surface area contributed by atoms with Gasteiger partial charge >= 0.3 is 0 Å². The average Bonchev–Trinajstić information content (AvgIpc) is 3.01. The standard InChI is InChI=1S/C15H22BrN3O2/c1-2-7-19-11-12(16)10-13(19)15(21)17-6-4-9-18-8-3-5-14(18)20/h10-11H,2-9H2,1H3,(H,17,21). The van der Waals surface area contributed by atoms with Crippen LogP contribution >= 0.6 is 15.9 Å². The van der Waals surface area contributed by atoms with Gasteiger partial charge in [0.1, 0.15) is 5.69 Å². The van der Waals surface area contributed by atoms with Crippen LogP contribution in [0.3, 0.4) is 0 Å². The lowest BCUT2D eigenvalue weighted by Crippen LogP contribution is -2.31. The number of nitrogens with zero attached hydrogens (tertiary/aromatic N) is 2. The zero-order chi connectivity index (χ0) is 15.2. The molecule has 1 saturated heterocycles. The van der Waals surface area contributed by atoms with Crippen molar-refractivity contribution in [3.8, 4) is 0 Å². The van der Waals surface area contributed by atoms with Crippen LogP contribution in [0.15, 0.2) is 16.7 Å². The van der Waals surface area contributed by atoms with Gasteiger partial charge in [-0.3, -0.25) is 9.59 Å². The third kappa shape index (κ3) is 4.33. The molecule has 1 aromatic heterocycles. The van der Waals surface area contributed by atoms with Crippen LogP contribution in [0.25, 0.3) is 0 Å². The quantitative estimate of drug-likeness (QED) is 0.763. The Bertz CT molecular complexity index is 513. The van der Waals surface area contributed by atoms with Crippen LogP contribution in [0.5, 0.6) is 0 Å². The van der Waals surface area contributed by atoms with E-state index in [1.165, 1.54) is 0 Å². The van der Waals surface area contributed by atoms with E-state index in [1.54, 1.807) is 0 Å². The summed E-state index contributed by atoms with van der Waals surface area (Å²) >= 11 is 3.41. The minimum absolute atomic E-state index is 0.0538. The summed E-state index contributed by atoms with van der Waals surface area (Å²) in [5.74, 6) is 0.184. The number of carbonyl (C=O) groups is 2. The number of halogens is 1. The van der Waals surface area contributed by atoms with Gasteiger partial charge in [0.25, 0.3) is 5.91 Å². The van der Waals surface area contributed by atoms with Crippen LogP contribution in [0.1, 0.15) is 43.1 Å². The highest BCUT2D eigenvalue weighted by atomic mass is 79.9. The minimum atomic E-state index is -0.0538. The second-order valence-corrected chi connectivity index (χ2v) is 6.25. The van der Waals surface area contributed by atoms with E-state index in [1.807, 2.05) is 21.7 Å². The highest BCUT2D eigenvalue weighted by Crippen LogP contribution is 2.15. The van der Waals surface area contributed by atoms with Gasteiger partial charge in [-0.05, 0) is 41.3 Å². The molecule has 0 spiro atoms. The number of carbonyl (C=O) groups excluding carboxylic acids is 2. The monoisotopic (exact) mass is 355 g/mol. The molecule has 1 aliphatic rings. The molecule has 1 aliphatic heterocycles. The average molecular weight is 356 g/mol. The van der Waals surface area contributed by atoms with Crippen molar-refractivity contribution in [2.75, 3.05) is 19.6 Å². The fourth-order valence-electron chi connectivity index (χ4n) is 2.59. The highest BCUT2D eigenvalue weighted by molar-refractivity contribution is 9.10. The molecule has 0 radical (unpaired) electrons. The van der Waals surface area contributed by atoms with Gasteiger partial charge in [-0.1, -0.05) is 6.92 Å². The van der Waals surface area contributed by atoms with E-state index in [4.69, 9.17) is 0 Å². The first-order valence-electron chi connectivity index (χ1n) is 7.53. The molecule has 0 unspecified atom stereocenters. The van der Waals surface area contributed by atoms with Crippen molar-refractivity contribution in [3.05, 3.63) is 22.4 Å². The molecule has 1 fully saturated rings. The van der Waals surface area contributed by atoms with Crippen molar-refractivity contribution >= 4 is 27.7 Å². The van der Waals surface area contributed by atoms with E-state index in [9.17, 15) is 9.59 Å². The lowest BCUT2D eigenvalue weighted by molar-refractivity contribution is -0.127. The number of amides is 2. The minimum Gasteiger partial charge on any atom is -0.351 e. The number of likely N-dealkylation sites (tertiary alicyclic amines) is 1. The van der Waals surface area contributed by atoms with Gasteiger partial charge in [0, 0.05) is 43.3 Å². The van der Waals surface area contributed by atoms with Crippen LogP contribution in [0.4, 0.5) is 0 Å². The Morgan fingerprint density at radius 3 is 2.90 bits per heavy atom. The van der Waals surface area contributed by atoms with Crippen molar-refractivity contribution in [1.29, 1.82) is 0 Å². The Labute approximate surface area is 133 Å². The molecule has 2 rings (SSSR count). The van der Waals surface area contributed by atoms with Crippen molar-refractivity contribution < 1.29 is 9.59 Å². The predicted molar refractivity (Wildman–Crippen MR) is 85.2 cm³/mol. The number of rotatable bonds is 7. The van der Waals surface area contributed by atoms with Crippen LogP contribution in [0, 0.1) is 0 Å². The normalized spacial score (nSPS) is 14.8. The van der Waals surface area contributed by atoms with Gasteiger partial charge in [-0.2, -0.15) is 0 Å². The lowest BCUT2D eigenvalue weighted by atomic mass is 10.3. The maximum absolute atomic E-state index is 12.2. The molecule has 0 aromatic carbocycles. The SMILES string of the molecule is CCCn1cc(Br)cc1C(=O)NCCCN1CCCC1=O. The molecular weight excluding hydrogens is 334 g/mol. The Balaban J connectivity index is 1.77. The molecule has 0 saturated carbocycles. The lowest BCUT2D eigenvalue weighted by Gasteiger charge is -2.15. The number of hydrogen-bond donors (Lipinski definition) is 1. The molecule has 1 N–H and O–H groups in total. The summed E-state index contributed by atoms with van der Waals surface area (Å²) in [5.41, 5.74) is 0.681. The molecule has 1 aromatic rings. The van der Waals surface area contributed by atoms with Gasteiger partial charge in [0.15, 0.2) is 0 Å². The maximum atomic E-state index is 12.2. The molecule has 6 heteroatoms. The Morgan fingerprint density at radius 1 is 1.43 bits per heavy atom. The van der Waals surface area contributed by atoms with E-state index in [2.05, 4.69) is 28.2 Å². The molecule has 5 nitrogen and oxygen atoms in total. The van der Waals surface area contributed by atoms with E-state index in [0.29, 0.717) is 18.7 Å². The first-order valence-corrected chi connectivity index (χ1v) is 8.32. The summed E-state index contributed by atoms with van der Waals surface area (Å²) in [7, 11) is 0. The van der Waals surface area contributed by atoms with Crippen molar-refractivity contribution in [3.63, 3.8) is 0 Å². The van der Waals surface area contributed by atoms with E-state index >= 15 is 0 Å². The molecule has 0 aliphatic carbocycles. The zero-order valence-electron chi connectivity index (χ0n) is 12.4. The van der Waals surface area contributed by atoms with Crippen LogP contribution in [-0.4, -0.2) is 40.9 Å². The summed E-state index contributed by atoms with van der Waals surface area (Å²) in [5, 5.41) is 2.93. The first-order chi connectivity index (χ1) is 10.1. The van der Waals surface area contributed by atoms with Crippen molar-refractivity contribution in [2.45, 2.75) is 39.2 Å². The number of aromatic nitrogens is 1. The fourth-order valence-corrected chi connectivity index (χ4v) is 3.06. The van der Waals surface area contributed by atoms with Crippen molar-refractivity contribution in [2.24, 2.45) is 0 Å². The Hall–Kier alpha value is -1.30. The summed E-state index contributed by atoms with van der Waals surface area (Å²) in [6, 6.07) is 1.84. The molecule has 21 heavy (non-hydrogen) atoms. The predicted octanol–water partition coefficient (Wildman–Crippen LogP) is 2.40. The van der Waals surface area contributed by atoms with Crippen LogP contribution < -0.4 is 5.32 Å². The van der Waals surface area contributed by atoms with Gasteiger partial charge in [-0.15, -0.1) is 0 Å². The van der Waals surface area contributed by atoms with Gasteiger partial charge < -0.3 is 14.8 Å². The third-order valence-electron chi connectivity index (χ3n) is 3.62. The molecule has 0 bridgehead atoms. The zero-order valence-corrected chi connectivity index (χ0v) is 14.0. The summed E-state index contributed by atoms with van der Waals surface area (Å²) in [6.45, 7) is 5.11. The molecular formula is C15H22BrN3O2. The number of nitrogens with one attached hydrogen (secondary N) is 1. The Kier molecular flexibility index (Phi) is 5.85. The molecule has 0 atom stereocenters. The summed E-state index contributed by atoms with van der Waals surface area (Å²) < 4.78 is 2.88. The smallest absolute Gasteiger partial charge is 0.267 e. The molecule has 2 heterocycles. The second-order valence-electron chi connectivity index (χ2n) is 5.33. The number of hydrogen-bond acceptors (Lipinski definition) is 2. The maximum Gasteiger partial charge on any atom is 0.267 e. The van der Waals surface area contributed by atoms with Gasteiger partial charge in [0.05, 0.1) is 0 Å². The first kappa shape index (κ1) is 16.1. The van der Waals surface area contributed by atoms with Crippen LogP contribution in [0.2, 0.25) is 0 Å². The third-order valence-corrected chi connectivity index (χ3v) is 4.06. The van der Waals surface area contributed by atoms with Gasteiger partial charge in [0.2, 0.25) is 5.91 Å². The summed E-state index contributed by atoms with van der Waals surface area (Å²) in [4.78, 5) is 25.5. The fraction of sp³-hybridized carbons (Fsp3) is 0.600. The topological polar surface area (TPSA) is 54.3 Å². The molecule has 2 amide bonds. The number of aryl methyl sites for hydroxylation is 1. The van der Waals surface area contributed by atoms with Gasteiger partial charge in [-0.25, -0.2) is 0 Å². The molecule has 116 valence electrons. The van der Waals surface area contributed by atoms with E-state index in [0.717, 1.165) is 43.4 Å². The Morgan fingerprint density at radius 2 is 2.24 bits per heavy atom. The second kappa shape index (κ2) is 7.64. The summed E-state index contributed by atoms with van der Waals surface area (Å²) in [6.07, 6.45) is 5.35. The van der Waals surface area contributed by atoms with E-state index < -0.39 is 0 Å². The van der Waals surface area contributed by atoms with Crippen molar-refractivity contribution in [1.82, 2.24) is 14.8 Å². The van der Waals surface area contributed by atoms with Crippen LogP contribution in [-0.2, 0) is 11.3 Å². The highest BCUT2D eigenvalue weighted by Gasteiger charge is 2.19.